The fraction of sp³-hybridized carbons (Fsp3) is 0.300. The summed E-state index contributed by atoms with van der Waals surface area (Å²) in [5, 5.41) is 22.0. The lowest BCUT2D eigenvalue weighted by atomic mass is 10.3. The first kappa shape index (κ1) is 12.9. The van der Waals surface area contributed by atoms with Gasteiger partial charge in [-0.3, -0.25) is 10.1 Å². The Morgan fingerprint density at radius 2 is 2.18 bits per heavy atom. The van der Waals surface area contributed by atoms with E-state index in [9.17, 15) is 9.59 Å². The number of aromatic nitrogens is 1. The molecule has 17 heavy (non-hydrogen) atoms. The van der Waals surface area contributed by atoms with Crippen molar-refractivity contribution in [2.24, 2.45) is 0 Å². The summed E-state index contributed by atoms with van der Waals surface area (Å²) in [6.07, 6.45) is -0.587. The molecule has 1 aromatic heterocycles. The Morgan fingerprint density at radius 1 is 1.47 bits per heavy atom. The Bertz CT molecular complexity index is 403. The Kier molecular flexibility index (Phi) is 4.41. The second kappa shape index (κ2) is 5.80. The molecular formula is C10H13N3O4. The van der Waals surface area contributed by atoms with Gasteiger partial charge in [-0.1, -0.05) is 0 Å². The summed E-state index contributed by atoms with van der Waals surface area (Å²) < 4.78 is 0. The van der Waals surface area contributed by atoms with E-state index in [4.69, 9.17) is 10.2 Å². The van der Waals surface area contributed by atoms with Gasteiger partial charge in [-0.2, -0.15) is 0 Å². The number of pyridine rings is 1. The van der Waals surface area contributed by atoms with Crippen molar-refractivity contribution in [2.75, 3.05) is 11.9 Å². The number of amides is 2. The normalized spacial score (nSPS) is 11.6. The molecule has 1 rings (SSSR count). The van der Waals surface area contributed by atoms with Crippen LogP contribution in [0.2, 0.25) is 0 Å². The van der Waals surface area contributed by atoms with Gasteiger partial charge in [-0.25, -0.2) is 9.78 Å². The number of aliphatic hydroxyl groups excluding tert-OH is 1. The average molecular weight is 239 g/mol. The smallest absolute Gasteiger partial charge is 0.409 e. The molecule has 0 saturated carbocycles. The quantitative estimate of drug-likeness (QED) is 0.603. The van der Waals surface area contributed by atoms with Crippen LogP contribution in [0.3, 0.4) is 0 Å². The van der Waals surface area contributed by atoms with E-state index >= 15 is 0 Å². The van der Waals surface area contributed by atoms with Crippen molar-refractivity contribution in [1.29, 1.82) is 0 Å². The van der Waals surface area contributed by atoms with Crippen LogP contribution in [0.1, 0.15) is 17.4 Å². The largest absolute Gasteiger partial charge is 0.465 e. The lowest BCUT2D eigenvalue weighted by molar-refractivity contribution is 0.0919. The molecular weight excluding hydrogens is 226 g/mol. The third-order valence-corrected chi connectivity index (χ3v) is 1.81. The van der Waals surface area contributed by atoms with Crippen LogP contribution in [0.4, 0.5) is 10.5 Å². The molecule has 0 aliphatic heterocycles. The molecule has 0 fully saturated rings. The van der Waals surface area contributed by atoms with E-state index in [0.29, 0.717) is 0 Å². The summed E-state index contributed by atoms with van der Waals surface area (Å²) in [6.45, 7) is 1.68. The number of aliphatic hydroxyl groups is 1. The van der Waals surface area contributed by atoms with Gasteiger partial charge in [-0.05, 0) is 19.1 Å². The average Bonchev–Trinajstić information content (AvgIpc) is 2.26. The zero-order chi connectivity index (χ0) is 12.8. The lowest BCUT2D eigenvalue weighted by Crippen LogP contribution is -2.31. The predicted molar refractivity (Wildman–Crippen MR) is 59.9 cm³/mol. The minimum absolute atomic E-state index is 0.135. The third-order valence-electron chi connectivity index (χ3n) is 1.81. The molecule has 1 aromatic rings. The number of anilines is 1. The van der Waals surface area contributed by atoms with E-state index in [2.05, 4.69) is 15.6 Å². The molecule has 0 saturated heterocycles. The molecule has 0 radical (unpaired) electrons. The van der Waals surface area contributed by atoms with E-state index < -0.39 is 18.1 Å². The fourth-order valence-corrected chi connectivity index (χ4v) is 1.06. The van der Waals surface area contributed by atoms with Crippen molar-refractivity contribution in [3.8, 4) is 0 Å². The van der Waals surface area contributed by atoms with E-state index in [-0.39, 0.29) is 17.9 Å². The van der Waals surface area contributed by atoms with Crippen LogP contribution in [0, 0.1) is 0 Å². The summed E-state index contributed by atoms with van der Waals surface area (Å²) in [6, 6.07) is 2.82. The minimum Gasteiger partial charge on any atom is -0.465 e. The maximum Gasteiger partial charge on any atom is 0.409 e. The maximum atomic E-state index is 11.5. The molecule has 7 heteroatoms. The summed E-state index contributed by atoms with van der Waals surface area (Å²) >= 11 is 0. The van der Waals surface area contributed by atoms with Crippen LogP contribution in [0.25, 0.3) is 0 Å². The molecule has 4 N–H and O–H groups in total. The molecule has 92 valence electrons. The number of nitrogens with one attached hydrogen (secondary N) is 2. The van der Waals surface area contributed by atoms with Gasteiger partial charge >= 0.3 is 6.09 Å². The van der Waals surface area contributed by atoms with E-state index in [1.54, 1.807) is 6.92 Å². The lowest BCUT2D eigenvalue weighted by Gasteiger charge is -2.06. The van der Waals surface area contributed by atoms with Crippen LogP contribution in [-0.2, 0) is 0 Å². The Hall–Kier alpha value is -2.15. The SMILES string of the molecule is C[C@H](O)CNC(=O)c1ccc(NC(=O)O)cn1. The summed E-state index contributed by atoms with van der Waals surface area (Å²) in [5.74, 6) is -0.423. The van der Waals surface area contributed by atoms with Crippen molar-refractivity contribution in [2.45, 2.75) is 13.0 Å². The first-order chi connectivity index (χ1) is 7.99. The molecule has 7 nitrogen and oxygen atoms in total. The molecule has 2 amide bonds. The first-order valence-electron chi connectivity index (χ1n) is 4.91. The van der Waals surface area contributed by atoms with Gasteiger partial charge in [0, 0.05) is 6.54 Å². The fourth-order valence-electron chi connectivity index (χ4n) is 1.06. The molecule has 0 spiro atoms. The van der Waals surface area contributed by atoms with Gasteiger partial charge in [0.25, 0.3) is 5.91 Å². The highest BCUT2D eigenvalue weighted by Crippen LogP contribution is 2.05. The number of hydrogen-bond donors (Lipinski definition) is 4. The van der Waals surface area contributed by atoms with Crippen LogP contribution in [0.5, 0.6) is 0 Å². The van der Waals surface area contributed by atoms with E-state index in [0.717, 1.165) is 0 Å². The molecule has 0 aliphatic carbocycles. The van der Waals surface area contributed by atoms with Crippen LogP contribution in [0.15, 0.2) is 18.3 Å². The molecule has 1 heterocycles. The Labute approximate surface area is 97.5 Å². The van der Waals surface area contributed by atoms with Crippen molar-refractivity contribution in [3.63, 3.8) is 0 Å². The molecule has 1 atom stereocenters. The van der Waals surface area contributed by atoms with Gasteiger partial charge in [0.2, 0.25) is 0 Å². The molecule has 0 aromatic carbocycles. The van der Waals surface area contributed by atoms with Crippen molar-refractivity contribution < 1.29 is 19.8 Å². The molecule has 0 unspecified atom stereocenters. The van der Waals surface area contributed by atoms with E-state index in [1.807, 2.05) is 0 Å². The third kappa shape index (κ3) is 4.47. The zero-order valence-electron chi connectivity index (χ0n) is 9.17. The monoisotopic (exact) mass is 239 g/mol. The number of hydrogen-bond acceptors (Lipinski definition) is 4. The predicted octanol–water partition coefficient (Wildman–Crippen LogP) is 0.282. The van der Waals surface area contributed by atoms with Crippen molar-refractivity contribution in [3.05, 3.63) is 24.0 Å². The standard InChI is InChI=1S/C10H13N3O4/c1-6(14)4-12-9(15)8-3-2-7(5-11-8)13-10(16)17/h2-3,5-6,13-14H,4H2,1H3,(H,12,15)(H,16,17)/t6-/m0/s1. The second-order valence-corrected chi connectivity index (χ2v) is 3.42. The highest BCUT2D eigenvalue weighted by atomic mass is 16.4. The second-order valence-electron chi connectivity index (χ2n) is 3.42. The summed E-state index contributed by atoms with van der Waals surface area (Å²) in [4.78, 5) is 25.6. The van der Waals surface area contributed by atoms with Crippen molar-refractivity contribution >= 4 is 17.7 Å². The van der Waals surface area contributed by atoms with Gasteiger partial charge in [0.15, 0.2) is 0 Å². The number of carbonyl (C=O) groups excluding carboxylic acids is 1. The van der Waals surface area contributed by atoms with Crippen LogP contribution in [-0.4, -0.2) is 39.8 Å². The van der Waals surface area contributed by atoms with Crippen molar-refractivity contribution in [1.82, 2.24) is 10.3 Å². The van der Waals surface area contributed by atoms with Gasteiger partial charge in [0.1, 0.15) is 5.69 Å². The van der Waals surface area contributed by atoms with Gasteiger partial charge < -0.3 is 15.5 Å². The first-order valence-corrected chi connectivity index (χ1v) is 4.91. The van der Waals surface area contributed by atoms with E-state index in [1.165, 1.54) is 18.3 Å². The number of rotatable bonds is 4. The number of carbonyl (C=O) groups is 2. The number of nitrogens with zero attached hydrogens (tertiary/aromatic N) is 1. The minimum atomic E-state index is -1.20. The zero-order valence-corrected chi connectivity index (χ0v) is 9.17. The number of carboxylic acid groups (broad SMARTS) is 1. The molecule has 0 aliphatic rings. The van der Waals surface area contributed by atoms with Crippen LogP contribution < -0.4 is 10.6 Å². The maximum absolute atomic E-state index is 11.5. The highest BCUT2D eigenvalue weighted by Gasteiger charge is 2.08. The highest BCUT2D eigenvalue weighted by molar-refractivity contribution is 5.92. The Balaban J connectivity index is 2.60. The summed E-state index contributed by atoms with van der Waals surface area (Å²) in [5.41, 5.74) is 0.436. The van der Waals surface area contributed by atoms with Crippen LogP contribution >= 0.6 is 0 Å². The Morgan fingerprint density at radius 3 is 2.65 bits per heavy atom. The molecule has 0 bridgehead atoms. The van der Waals surface area contributed by atoms with Gasteiger partial charge in [0.05, 0.1) is 18.0 Å². The topological polar surface area (TPSA) is 112 Å². The van der Waals surface area contributed by atoms with Gasteiger partial charge in [-0.15, -0.1) is 0 Å². The summed E-state index contributed by atoms with van der Waals surface area (Å²) in [7, 11) is 0.